The van der Waals surface area contributed by atoms with Crippen LogP contribution in [0, 0.1) is 5.82 Å². The lowest BCUT2D eigenvalue weighted by Crippen LogP contribution is -2.30. The topological polar surface area (TPSA) is 37.3 Å². The van der Waals surface area contributed by atoms with Gasteiger partial charge < -0.3 is 9.88 Å². The molecule has 0 unspecified atom stereocenters. The molecule has 2 heterocycles. The van der Waals surface area contributed by atoms with Gasteiger partial charge in [-0.15, -0.1) is 0 Å². The van der Waals surface area contributed by atoms with Crippen molar-refractivity contribution in [2.45, 2.75) is 6.54 Å². The van der Waals surface area contributed by atoms with Gasteiger partial charge in [-0.3, -0.25) is 9.69 Å². The first-order chi connectivity index (χ1) is 15.5. The van der Waals surface area contributed by atoms with E-state index in [0.717, 1.165) is 16.5 Å². The van der Waals surface area contributed by atoms with Crippen LogP contribution in [0.3, 0.4) is 0 Å². The Hall–Kier alpha value is -3.48. The number of nitrogens with zero attached hydrogens (tertiary/aromatic N) is 2. The molecule has 4 aromatic rings. The lowest BCUT2D eigenvalue weighted by Gasteiger charge is -2.13. The number of aromatic nitrogens is 1. The molecule has 1 aliphatic heterocycles. The van der Waals surface area contributed by atoms with Crippen LogP contribution in [-0.4, -0.2) is 15.6 Å². The van der Waals surface area contributed by atoms with Crippen LogP contribution in [0.5, 0.6) is 0 Å². The van der Waals surface area contributed by atoms with Crippen molar-refractivity contribution >= 4 is 57.5 Å². The number of rotatable bonds is 4. The fraction of sp³-hybridized carbons (Fsp3) is 0.0400. The van der Waals surface area contributed by atoms with E-state index in [-0.39, 0.29) is 18.3 Å². The van der Waals surface area contributed by atoms with E-state index in [2.05, 4.69) is 5.32 Å². The maximum atomic E-state index is 14.4. The maximum absolute atomic E-state index is 14.4. The minimum Gasteiger partial charge on any atom is -0.342 e. The third-order valence-corrected chi connectivity index (χ3v) is 6.04. The van der Waals surface area contributed by atoms with Crippen LogP contribution >= 0.6 is 23.8 Å². The van der Waals surface area contributed by atoms with Gasteiger partial charge in [0.15, 0.2) is 5.11 Å². The molecule has 158 valence electrons. The number of carbonyl (C=O) groups is 1. The molecule has 5 rings (SSSR count). The summed E-state index contributed by atoms with van der Waals surface area (Å²) in [6.07, 6.45) is 3.67. The Morgan fingerprint density at radius 2 is 1.75 bits per heavy atom. The summed E-state index contributed by atoms with van der Waals surface area (Å²) in [4.78, 5) is 14.5. The maximum Gasteiger partial charge on any atom is 0.281 e. The van der Waals surface area contributed by atoms with Crippen LogP contribution in [0.2, 0.25) is 5.02 Å². The van der Waals surface area contributed by atoms with Crippen molar-refractivity contribution < 1.29 is 9.18 Å². The summed E-state index contributed by atoms with van der Waals surface area (Å²) >= 11 is 11.6. The van der Waals surface area contributed by atoms with Crippen LogP contribution in [0.1, 0.15) is 11.1 Å². The van der Waals surface area contributed by atoms with Crippen LogP contribution in [-0.2, 0) is 11.3 Å². The predicted octanol–water partition coefficient (Wildman–Crippen LogP) is 5.74. The van der Waals surface area contributed by atoms with Gasteiger partial charge in [-0.25, -0.2) is 4.39 Å². The van der Waals surface area contributed by atoms with Crippen LogP contribution < -0.4 is 10.2 Å². The number of anilines is 1. The summed E-state index contributed by atoms with van der Waals surface area (Å²) in [6.45, 7) is 0.269. The van der Waals surface area contributed by atoms with Crippen molar-refractivity contribution in [2.24, 2.45) is 0 Å². The number of thiocarbonyl (C=S) groups is 1. The molecule has 0 radical (unpaired) electrons. The van der Waals surface area contributed by atoms with Gasteiger partial charge in [-0.1, -0.05) is 54.1 Å². The minimum atomic E-state index is -0.355. The molecule has 0 bridgehead atoms. The van der Waals surface area contributed by atoms with Gasteiger partial charge in [-0.2, -0.15) is 0 Å². The third kappa shape index (κ3) is 3.57. The highest BCUT2D eigenvalue weighted by molar-refractivity contribution is 7.80. The molecule has 0 atom stereocenters. The molecular weight excluding hydrogens is 445 g/mol. The van der Waals surface area contributed by atoms with E-state index >= 15 is 0 Å². The van der Waals surface area contributed by atoms with E-state index in [9.17, 15) is 9.18 Å². The molecule has 0 spiro atoms. The van der Waals surface area contributed by atoms with E-state index in [0.29, 0.717) is 27.1 Å². The van der Waals surface area contributed by atoms with E-state index in [1.54, 1.807) is 18.2 Å². The molecule has 1 aromatic heterocycles. The first-order valence-electron chi connectivity index (χ1n) is 9.96. The van der Waals surface area contributed by atoms with Gasteiger partial charge in [0.25, 0.3) is 5.91 Å². The Kier molecular flexibility index (Phi) is 5.25. The van der Waals surface area contributed by atoms with Gasteiger partial charge in [0, 0.05) is 33.2 Å². The lowest BCUT2D eigenvalue weighted by molar-refractivity contribution is -0.113. The molecule has 3 aromatic carbocycles. The smallest absolute Gasteiger partial charge is 0.281 e. The van der Waals surface area contributed by atoms with Crippen molar-refractivity contribution in [3.63, 3.8) is 0 Å². The largest absolute Gasteiger partial charge is 0.342 e. The quantitative estimate of drug-likeness (QED) is 0.311. The summed E-state index contributed by atoms with van der Waals surface area (Å²) in [5.41, 5.74) is 3.23. The molecule has 1 saturated heterocycles. The standard InChI is InChI=1S/C25H17ClFN3OS/c26-20-10-6-11-21(27)19(20)15-29-14-16(18-9-4-5-12-23(18)29)13-22-24(31)30(25(32)28-22)17-7-2-1-3-8-17/h1-14H,15H2,(H,28,32)/b22-13-. The first-order valence-corrected chi connectivity index (χ1v) is 10.7. The SMILES string of the molecule is O=C1/C(=C/c2cn(Cc3c(F)cccc3Cl)c3ccccc23)NC(=S)N1c1ccccc1. The number of halogens is 2. The molecule has 0 aliphatic carbocycles. The number of para-hydroxylation sites is 2. The van der Waals surface area contributed by atoms with Crippen molar-refractivity contribution in [3.8, 4) is 0 Å². The van der Waals surface area contributed by atoms with Gasteiger partial charge in [-0.05, 0) is 48.6 Å². The Labute approximate surface area is 194 Å². The number of carbonyl (C=O) groups excluding carboxylic acids is 1. The van der Waals surface area contributed by atoms with Gasteiger partial charge in [0.05, 0.1) is 12.2 Å². The highest BCUT2D eigenvalue weighted by Crippen LogP contribution is 2.28. The average Bonchev–Trinajstić information content (AvgIpc) is 3.28. The molecule has 1 fully saturated rings. The first kappa shape index (κ1) is 20.4. The van der Waals surface area contributed by atoms with Gasteiger partial charge in [0.1, 0.15) is 11.5 Å². The fourth-order valence-electron chi connectivity index (χ4n) is 3.88. The van der Waals surface area contributed by atoms with E-state index in [4.69, 9.17) is 23.8 Å². The van der Waals surface area contributed by atoms with Crippen molar-refractivity contribution in [2.75, 3.05) is 4.90 Å². The Bertz CT molecular complexity index is 1380. The second-order valence-electron chi connectivity index (χ2n) is 7.39. The van der Waals surface area contributed by atoms with Crippen LogP contribution in [0.15, 0.2) is 84.7 Å². The summed E-state index contributed by atoms with van der Waals surface area (Å²) in [6, 6.07) is 21.7. The van der Waals surface area contributed by atoms with E-state index in [1.807, 2.05) is 65.4 Å². The normalized spacial score (nSPS) is 15.1. The average molecular weight is 462 g/mol. The summed E-state index contributed by atoms with van der Waals surface area (Å²) in [5, 5.41) is 4.66. The molecule has 1 amide bonds. The monoisotopic (exact) mass is 461 g/mol. The Morgan fingerprint density at radius 1 is 1.00 bits per heavy atom. The third-order valence-electron chi connectivity index (χ3n) is 5.40. The highest BCUT2D eigenvalue weighted by Gasteiger charge is 2.32. The number of benzene rings is 3. The fourth-order valence-corrected chi connectivity index (χ4v) is 4.40. The molecule has 32 heavy (non-hydrogen) atoms. The summed E-state index contributed by atoms with van der Waals surface area (Å²) in [7, 11) is 0. The zero-order valence-corrected chi connectivity index (χ0v) is 18.3. The molecule has 4 nitrogen and oxygen atoms in total. The lowest BCUT2D eigenvalue weighted by atomic mass is 10.1. The minimum absolute atomic E-state index is 0.227. The van der Waals surface area contributed by atoms with Crippen molar-refractivity contribution in [1.82, 2.24) is 9.88 Å². The number of nitrogens with one attached hydrogen (secondary N) is 1. The van der Waals surface area contributed by atoms with Crippen LogP contribution in [0.25, 0.3) is 17.0 Å². The van der Waals surface area contributed by atoms with Gasteiger partial charge >= 0.3 is 0 Å². The number of fused-ring (bicyclic) bond motifs is 1. The van der Waals surface area contributed by atoms with Crippen molar-refractivity contribution in [3.05, 3.63) is 107 Å². The van der Waals surface area contributed by atoms with Crippen LogP contribution in [0.4, 0.5) is 10.1 Å². The molecular formula is C25H17ClFN3OS. The van der Waals surface area contributed by atoms with Crippen molar-refractivity contribution in [1.29, 1.82) is 0 Å². The van der Waals surface area contributed by atoms with E-state index in [1.165, 1.54) is 11.0 Å². The van der Waals surface area contributed by atoms with Gasteiger partial charge in [0.2, 0.25) is 0 Å². The highest BCUT2D eigenvalue weighted by atomic mass is 35.5. The number of amides is 1. The Balaban J connectivity index is 1.55. The molecule has 1 aliphatic rings. The summed E-state index contributed by atoms with van der Waals surface area (Å²) < 4.78 is 16.3. The Morgan fingerprint density at radius 3 is 2.53 bits per heavy atom. The number of hydrogen-bond donors (Lipinski definition) is 1. The second-order valence-corrected chi connectivity index (χ2v) is 8.19. The van der Waals surface area contributed by atoms with E-state index < -0.39 is 0 Å². The molecule has 0 saturated carbocycles. The zero-order valence-electron chi connectivity index (χ0n) is 16.8. The second kappa shape index (κ2) is 8.22. The zero-order chi connectivity index (χ0) is 22.2. The predicted molar refractivity (Wildman–Crippen MR) is 130 cm³/mol. The summed E-state index contributed by atoms with van der Waals surface area (Å²) in [5.74, 6) is -0.582. The molecule has 7 heteroatoms. The number of hydrogen-bond acceptors (Lipinski definition) is 2. The molecule has 1 N–H and O–H groups in total.